The van der Waals surface area contributed by atoms with Gasteiger partial charge in [-0.1, -0.05) is 0 Å². The molecule has 3 heterocycles. The van der Waals surface area contributed by atoms with Crippen LogP contribution in [-0.2, 0) is 11.2 Å². The van der Waals surface area contributed by atoms with Crippen LogP contribution in [0.15, 0.2) is 33.0 Å². The Balaban J connectivity index is 1.35. The van der Waals surface area contributed by atoms with Crippen molar-refractivity contribution in [1.29, 1.82) is 0 Å². The second-order valence-electron chi connectivity index (χ2n) is 5.83. The van der Waals surface area contributed by atoms with Crippen molar-refractivity contribution in [2.45, 2.75) is 37.8 Å². The number of nitrogens with zero attached hydrogens (tertiary/aromatic N) is 3. The summed E-state index contributed by atoms with van der Waals surface area (Å²) in [4.78, 5) is 14.0. The molecule has 0 N–H and O–H groups in total. The van der Waals surface area contributed by atoms with Crippen molar-refractivity contribution < 1.29 is 9.21 Å². The SMILES string of the molecule is C#CCCC1(CCC(=O)N2CC(Cc3ccco3)C2)N=N1. The van der Waals surface area contributed by atoms with E-state index in [-0.39, 0.29) is 11.6 Å². The molecule has 0 atom stereocenters. The van der Waals surface area contributed by atoms with E-state index in [9.17, 15) is 4.79 Å². The van der Waals surface area contributed by atoms with E-state index in [1.165, 1.54) is 0 Å². The molecular formula is C16H19N3O2. The van der Waals surface area contributed by atoms with Gasteiger partial charge < -0.3 is 9.32 Å². The summed E-state index contributed by atoms with van der Waals surface area (Å²) < 4.78 is 5.33. The minimum atomic E-state index is -0.347. The molecule has 3 rings (SSSR count). The third kappa shape index (κ3) is 3.33. The van der Waals surface area contributed by atoms with Crippen molar-refractivity contribution in [3.8, 4) is 12.3 Å². The lowest BCUT2D eigenvalue weighted by Gasteiger charge is -2.39. The summed E-state index contributed by atoms with van der Waals surface area (Å²) in [6.45, 7) is 1.65. The number of terminal acetylenes is 1. The van der Waals surface area contributed by atoms with Crippen LogP contribution in [0, 0.1) is 18.3 Å². The minimum Gasteiger partial charge on any atom is -0.469 e. The van der Waals surface area contributed by atoms with Crippen LogP contribution in [-0.4, -0.2) is 29.6 Å². The van der Waals surface area contributed by atoms with Gasteiger partial charge in [0.05, 0.1) is 6.26 Å². The first-order valence-corrected chi connectivity index (χ1v) is 7.38. The molecule has 0 aromatic carbocycles. The zero-order valence-corrected chi connectivity index (χ0v) is 12.0. The number of furan rings is 1. The standard InChI is InChI=1S/C16H19N3O2/c1-2-3-7-16(17-18-16)8-6-15(20)19-11-13(12-19)10-14-5-4-9-21-14/h1,4-5,9,13H,3,6-8,10-12H2. The molecule has 0 aliphatic carbocycles. The van der Waals surface area contributed by atoms with E-state index in [0.29, 0.717) is 25.2 Å². The molecule has 21 heavy (non-hydrogen) atoms. The summed E-state index contributed by atoms with van der Waals surface area (Å²) in [5.41, 5.74) is -0.347. The van der Waals surface area contributed by atoms with Gasteiger partial charge in [0.1, 0.15) is 5.76 Å². The van der Waals surface area contributed by atoms with Crippen LogP contribution in [0.4, 0.5) is 0 Å². The molecule has 2 aliphatic rings. The molecule has 1 saturated heterocycles. The fourth-order valence-corrected chi connectivity index (χ4v) is 2.75. The van der Waals surface area contributed by atoms with E-state index < -0.39 is 0 Å². The average molecular weight is 285 g/mol. The second kappa shape index (κ2) is 5.72. The molecule has 1 aromatic rings. The topological polar surface area (TPSA) is 58.2 Å². The van der Waals surface area contributed by atoms with Crippen LogP contribution >= 0.6 is 0 Å². The highest BCUT2D eigenvalue weighted by Gasteiger charge is 2.40. The highest BCUT2D eigenvalue weighted by atomic mass is 16.3. The van der Waals surface area contributed by atoms with Crippen molar-refractivity contribution in [1.82, 2.24) is 4.90 Å². The molecule has 110 valence electrons. The fraction of sp³-hybridized carbons (Fsp3) is 0.562. The van der Waals surface area contributed by atoms with E-state index in [1.54, 1.807) is 6.26 Å². The van der Waals surface area contributed by atoms with Gasteiger partial charge in [-0.15, -0.1) is 12.3 Å². The summed E-state index contributed by atoms with van der Waals surface area (Å²) in [5, 5.41) is 8.12. The molecule has 0 radical (unpaired) electrons. The normalized spacial score (nSPS) is 19.1. The molecule has 2 aliphatic heterocycles. The molecule has 1 fully saturated rings. The Morgan fingerprint density at radius 1 is 1.48 bits per heavy atom. The summed E-state index contributed by atoms with van der Waals surface area (Å²) in [5.74, 6) is 4.31. The molecule has 5 nitrogen and oxygen atoms in total. The molecule has 0 saturated carbocycles. The highest BCUT2D eigenvalue weighted by molar-refractivity contribution is 5.77. The van der Waals surface area contributed by atoms with Crippen LogP contribution in [0.5, 0.6) is 0 Å². The Hall–Kier alpha value is -2.09. The number of hydrogen-bond acceptors (Lipinski definition) is 4. The van der Waals surface area contributed by atoms with Gasteiger partial charge in [-0.2, -0.15) is 10.2 Å². The van der Waals surface area contributed by atoms with Crippen LogP contribution in [0.25, 0.3) is 0 Å². The first-order valence-electron chi connectivity index (χ1n) is 7.38. The number of carbonyl (C=O) groups is 1. The summed E-state index contributed by atoms with van der Waals surface area (Å²) in [6.07, 6.45) is 10.5. The van der Waals surface area contributed by atoms with Crippen LogP contribution in [0.2, 0.25) is 0 Å². The summed E-state index contributed by atoms with van der Waals surface area (Å²) in [7, 11) is 0. The molecule has 1 amide bonds. The molecule has 1 aromatic heterocycles. The first kappa shape index (κ1) is 13.9. The van der Waals surface area contributed by atoms with Crippen LogP contribution in [0.1, 0.15) is 31.4 Å². The van der Waals surface area contributed by atoms with Crippen molar-refractivity contribution in [3.63, 3.8) is 0 Å². The van der Waals surface area contributed by atoms with Crippen molar-refractivity contribution in [2.75, 3.05) is 13.1 Å². The lowest BCUT2D eigenvalue weighted by Crippen LogP contribution is -2.50. The third-order valence-electron chi connectivity index (χ3n) is 4.17. The quantitative estimate of drug-likeness (QED) is 0.723. The smallest absolute Gasteiger partial charge is 0.222 e. The van der Waals surface area contributed by atoms with E-state index >= 15 is 0 Å². The van der Waals surface area contributed by atoms with Gasteiger partial charge in [-0.05, 0) is 12.1 Å². The minimum absolute atomic E-state index is 0.197. The molecule has 5 heteroatoms. The van der Waals surface area contributed by atoms with Gasteiger partial charge in [0.2, 0.25) is 5.91 Å². The fourth-order valence-electron chi connectivity index (χ4n) is 2.75. The van der Waals surface area contributed by atoms with Crippen molar-refractivity contribution >= 4 is 5.91 Å². The van der Waals surface area contributed by atoms with Gasteiger partial charge in [0, 0.05) is 51.1 Å². The third-order valence-corrected chi connectivity index (χ3v) is 4.17. The largest absolute Gasteiger partial charge is 0.469 e. The number of carbonyl (C=O) groups excluding carboxylic acids is 1. The molecule has 0 bridgehead atoms. The van der Waals surface area contributed by atoms with Crippen LogP contribution < -0.4 is 0 Å². The van der Waals surface area contributed by atoms with Gasteiger partial charge in [-0.25, -0.2) is 0 Å². The monoisotopic (exact) mass is 285 g/mol. The number of rotatable bonds is 7. The second-order valence-corrected chi connectivity index (χ2v) is 5.83. The Labute approximate surface area is 124 Å². The average Bonchev–Trinajstić information content (AvgIpc) is 3.02. The Kier molecular flexibility index (Phi) is 3.78. The molecule has 0 spiro atoms. The maximum atomic E-state index is 12.1. The van der Waals surface area contributed by atoms with Crippen molar-refractivity contribution in [2.24, 2.45) is 16.1 Å². The number of amides is 1. The lowest BCUT2D eigenvalue weighted by atomic mass is 9.94. The highest BCUT2D eigenvalue weighted by Crippen LogP contribution is 2.38. The first-order chi connectivity index (χ1) is 10.2. The van der Waals surface area contributed by atoms with Crippen molar-refractivity contribution in [3.05, 3.63) is 24.2 Å². The summed E-state index contributed by atoms with van der Waals surface area (Å²) in [6, 6.07) is 3.88. The maximum absolute atomic E-state index is 12.1. The zero-order valence-electron chi connectivity index (χ0n) is 12.0. The molecule has 0 unspecified atom stereocenters. The van der Waals surface area contributed by atoms with Gasteiger partial charge in [0.25, 0.3) is 0 Å². The van der Waals surface area contributed by atoms with Gasteiger partial charge in [0.15, 0.2) is 5.66 Å². The lowest BCUT2D eigenvalue weighted by molar-refractivity contribution is -0.137. The predicted octanol–water partition coefficient (Wildman–Crippen LogP) is 2.64. The van der Waals surface area contributed by atoms with E-state index in [1.807, 2.05) is 17.0 Å². The molecular weight excluding hydrogens is 266 g/mol. The summed E-state index contributed by atoms with van der Waals surface area (Å²) >= 11 is 0. The van der Waals surface area contributed by atoms with E-state index in [2.05, 4.69) is 16.1 Å². The van der Waals surface area contributed by atoms with E-state index in [4.69, 9.17) is 10.8 Å². The number of hydrogen-bond donors (Lipinski definition) is 0. The number of likely N-dealkylation sites (tertiary alicyclic amines) is 1. The van der Waals surface area contributed by atoms with Crippen LogP contribution in [0.3, 0.4) is 0 Å². The Bertz CT molecular complexity index is 559. The van der Waals surface area contributed by atoms with Gasteiger partial charge >= 0.3 is 0 Å². The van der Waals surface area contributed by atoms with Gasteiger partial charge in [-0.3, -0.25) is 4.79 Å². The Morgan fingerprint density at radius 2 is 2.29 bits per heavy atom. The maximum Gasteiger partial charge on any atom is 0.222 e. The zero-order chi connectivity index (χ0) is 14.7. The predicted molar refractivity (Wildman–Crippen MR) is 77.4 cm³/mol. The van der Waals surface area contributed by atoms with E-state index in [0.717, 1.165) is 31.7 Å². The Morgan fingerprint density at radius 3 is 2.90 bits per heavy atom.